The number of terminal acetylenes is 1. The van der Waals surface area contributed by atoms with E-state index >= 15 is 0 Å². The largest absolute Gasteiger partial charge is 0.444 e. The summed E-state index contributed by atoms with van der Waals surface area (Å²) in [5, 5.41) is 5.55. The maximum absolute atomic E-state index is 13.6. The Labute approximate surface area is 205 Å². The fourth-order valence-corrected chi connectivity index (χ4v) is 3.41. The minimum Gasteiger partial charge on any atom is -0.444 e. The van der Waals surface area contributed by atoms with Crippen molar-refractivity contribution in [3.8, 4) is 12.5 Å². The number of alkyl carbamates (subject to hydrolysis) is 1. The Balaban J connectivity index is 3.32. The lowest BCUT2D eigenvalue weighted by Crippen LogP contribution is -2.52. The highest BCUT2D eigenvalue weighted by Gasteiger charge is 2.36. The van der Waals surface area contributed by atoms with Gasteiger partial charge in [0.1, 0.15) is 17.7 Å². The SMILES string of the molecule is C#CN(C(=O)C(CC(C)C)NC(=O)OC(C)(C)C)C(C(=O)NCCCC)c1ccc(CC)cc1. The van der Waals surface area contributed by atoms with Crippen molar-refractivity contribution in [2.45, 2.75) is 91.8 Å². The van der Waals surface area contributed by atoms with Crippen molar-refractivity contribution in [2.75, 3.05) is 6.54 Å². The van der Waals surface area contributed by atoms with Gasteiger partial charge in [-0.05, 0) is 57.1 Å². The minimum absolute atomic E-state index is 0.0872. The van der Waals surface area contributed by atoms with Crippen LogP contribution in [0.4, 0.5) is 4.79 Å². The first-order valence-electron chi connectivity index (χ1n) is 12.1. The van der Waals surface area contributed by atoms with Crippen LogP contribution >= 0.6 is 0 Å². The van der Waals surface area contributed by atoms with E-state index < -0.39 is 29.7 Å². The van der Waals surface area contributed by atoms with Crippen molar-refractivity contribution in [3.63, 3.8) is 0 Å². The number of hydrogen-bond donors (Lipinski definition) is 2. The Morgan fingerprint density at radius 2 is 1.74 bits per heavy atom. The number of carbonyl (C=O) groups is 3. The highest BCUT2D eigenvalue weighted by Crippen LogP contribution is 2.24. The predicted molar refractivity (Wildman–Crippen MR) is 135 cm³/mol. The Bertz CT molecular complexity index is 850. The summed E-state index contributed by atoms with van der Waals surface area (Å²) in [5.41, 5.74) is 0.999. The first kappa shape index (κ1) is 29.0. The number of amides is 3. The van der Waals surface area contributed by atoms with E-state index in [-0.39, 0.29) is 11.8 Å². The van der Waals surface area contributed by atoms with E-state index in [9.17, 15) is 14.4 Å². The standard InChI is InChI=1S/C27H41N3O4/c1-9-12-17-28-24(31)23(21-15-13-20(10-2)14-16-21)30(11-3)25(32)22(18-19(4)5)29-26(33)34-27(6,7)8/h3,13-16,19,22-23H,9-10,12,17-18H2,1-2,4-8H3,(H,28,31)(H,29,33). The van der Waals surface area contributed by atoms with Gasteiger partial charge in [0, 0.05) is 12.6 Å². The monoisotopic (exact) mass is 471 g/mol. The normalized spacial score (nSPS) is 12.9. The summed E-state index contributed by atoms with van der Waals surface area (Å²) in [6.45, 7) is 13.7. The number of unbranched alkanes of at least 4 members (excludes halogenated alkanes) is 1. The van der Waals surface area contributed by atoms with E-state index in [0.717, 1.165) is 29.7 Å². The quantitative estimate of drug-likeness (QED) is 0.281. The molecule has 2 N–H and O–H groups in total. The fourth-order valence-electron chi connectivity index (χ4n) is 3.41. The minimum atomic E-state index is -1.02. The predicted octanol–water partition coefficient (Wildman–Crippen LogP) is 4.57. The second-order valence-electron chi connectivity index (χ2n) is 9.81. The second kappa shape index (κ2) is 13.6. The summed E-state index contributed by atoms with van der Waals surface area (Å²) in [6, 6.07) is 7.93. The maximum Gasteiger partial charge on any atom is 0.408 e. The molecule has 0 saturated heterocycles. The molecule has 1 rings (SSSR count). The number of benzene rings is 1. The van der Waals surface area contributed by atoms with Crippen LogP contribution < -0.4 is 10.6 Å². The third-order valence-corrected chi connectivity index (χ3v) is 5.11. The van der Waals surface area contributed by atoms with Crippen molar-refractivity contribution in [1.82, 2.24) is 15.5 Å². The van der Waals surface area contributed by atoms with Crippen LogP contribution in [0.1, 0.15) is 84.9 Å². The van der Waals surface area contributed by atoms with Gasteiger partial charge >= 0.3 is 6.09 Å². The number of aryl methyl sites for hydroxylation is 1. The van der Waals surface area contributed by atoms with Crippen molar-refractivity contribution >= 4 is 17.9 Å². The lowest BCUT2D eigenvalue weighted by Gasteiger charge is -2.31. The summed E-state index contributed by atoms with van der Waals surface area (Å²) >= 11 is 0. The van der Waals surface area contributed by atoms with E-state index in [1.807, 2.05) is 52.0 Å². The van der Waals surface area contributed by atoms with Gasteiger partial charge in [-0.1, -0.05) is 64.8 Å². The van der Waals surface area contributed by atoms with E-state index in [1.165, 1.54) is 0 Å². The molecule has 0 aliphatic carbocycles. The summed E-state index contributed by atoms with van der Waals surface area (Å²) < 4.78 is 5.35. The molecule has 0 aliphatic rings. The van der Waals surface area contributed by atoms with E-state index in [1.54, 1.807) is 20.8 Å². The topological polar surface area (TPSA) is 87.7 Å². The molecular weight excluding hydrogens is 430 g/mol. The summed E-state index contributed by atoms with van der Waals surface area (Å²) in [6.07, 6.45) is 8.01. The van der Waals surface area contributed by atoms with Crippen molar-refractivity contribution in [1.29, 1.82) is 0 Å². The molecule has 2 unspecified atom stereocenters. The number of nitrogens with zero attached hydrogens (tertiary/aromatic N) is 1. The molecule has 0 radical (unpaired) electrons. The molecule has 7 nitrogen and oxygen atoms in total. The molecule has 34 heavy (non-hydrogen) atoms. The van der Waals surface area contributed by atoms with Gasteiger partial charge in [-0.3, -0.25) is 14.5 Å². The first-order valence-corrected chi connectivity index (χ1v) is 12.1. The van der Waals surface area contributed by atoms with E-state index in [4.69, 9.17) is 11.2 Å². The van der Waals surface area contributed by atoms with Crippen molar-refractivity contribution < 1.29 is 19.1 Å². The summed E-state index contributed by atoms with van der Waals surface area (Å²) in [5.74, 6) is -0.800. The Morgan fingerprint density at radius 1 is 1.12 bits per heavy atom. The average molecular weight is 472 g/mol. The van der Waals surface area contributed by atoms with E-state index in [0.29, 0.717) is 18.5 Å². The highest BCUT2D eigenvalue weighted by atomic mass is 16.6. The van der Waals surface area contributed by atoms with Gasteiger partial charge in [-0.25, -0.2) is 4.79 Å². The van der Waals surface area contributed by atoms with Crippen LogP contribution in [0, 0.1) is 18.4 Å². The highest BCUT2D eigenvalue weighted by molar-refractivity contribution is 5.93. The zero-order valence-corrected chi connectivity index (χ0v) is 21.7. The Kier molecular flexibility index (Phi) is 11.6. The molecule has 0 aromatic heterocycles. The molecule has 1 aromatic rings. The molecule has 0 saturated carbocycles. The van der Waals surface area contributed by atoms with E-state index in [2.05, 4.69) is 16.7 Å². The Hall–Kier alpha value is -3.01. The lowest BCUT2D eigenvalue weighted by atomic mass is 9.98. The number of nitrogens with one attached hydrogen (secondary N) is 2. The molecule has 0 fully saturated rings. The van der Waals surface area contributed by atoms with Gasteiger partial charge in [0.05, 0.1) is 0 Å². The molecule has 1 aromatic carbocycles. The van der Waals surface area contributed by atoms with Crippen LogP contribution in [-0.2, 0) is 20.7 Å². The smallest absolute Gasteiger partial charge is 0.408 e. The number of hydrogen-bond acceptors (Lipinski definition) is 4. The fraction of sp³-hybridized carbons (Fsp3) is 0.593. The number of ether oxygens (including phenoxy) is 1. The summed E-state index contributed by atoms with van der Waals surface area (Å²) in [7, 11) is 0. The van der Waals surface area contributed by atoms with Crippen LogP contribution in [-0.4, -0.2) is 41.0 Å². The second-order valence-corrected chi connectivity index (χ2v) is 9.81. The van der Waals surface area contributed by atoms with Gasteiger partial charge in [0.2, 0.25) is 5.91 Å². The molecule has 0 spiro atoms. The summed E-state index contributed by atoms with van der Waals surface area (Å²) in [4.78, 5) is 40.4. The van der Waals surface area contributed by atoms with Crippen LogP contribution in [0.25, 0.3) is 0 Å². The van der Waals surface area contributed by atoms with Crippen LogP contribution in [0.5, 0.6) is 0 Å². The molecule has 7 heteroatoms. The van der Waals surface area contributed by atoms with Crippen LogP contribution in [0.2, 0.25) is 0 Å². The van der Waals surface area contributed by atoms with Gasteiger partial charge in [0.25, 0.3) is 5.91 Å². The van der Waals surface area contributed by atoms with Gasteiger partial charge in [-0.2, -0.15) is 0 Å². The number of carbonyl (C=O) groups excluding carboxylic acids is 3. The molecule has 2 atom stereocenters. The first-order chi connectivity index (χ1) is 15.9. The van der Waals surface area contributed by atoms with Crippen molar-refractivity contribution in [3.05, 3.63) is 35.4 Å². The zero-order chi connectivity index (χ0) is 25.9. The molecule has 188 valence electrons. The molecule has 0 aliphatic heterocycles. The third kappa shape index (κ3) is 9.46. The zero-order valence-electron chi connectivity index (χ0n) is 21.7. The lowest BCUT2D eigenvalue weighted by molar-refractivity contribution is -0.138. The van der Waals surface area contributed by atoms with Gasteiger partial charge in [0.15, 0.2) is 0 Å². The molecule has 0 bridgehead atoms. The van der Waals surface area contributed by atoms with Crippen LogP contribution in [0.15, 0.2) is 24.3 Å². The third-order valence-electron chi connectivity index (χ3n) is 5.11. The average Bonchev–Trinajstić information content (AvgIpc) is 2.75. The Morgan fingerprint density at radius 3 is 2.21 bits per heavy atom. The van der Waals surface area contributed by atoms with Crippen molar-refractivity contribution in [2.24, 2.45) is 5.92 Å². The van der Waals surface area contributed by atoms with Gasteiger partial charge < -0.3 is 15.4 Å². The number of rotatable bonds is 11. The maximum atomic E-state index is 13.6. The molecule has 3 amide bonds. The molecular formula is C27H41N3O4. The molecule has 0 heterocycles. The van der Waals surface area contributed by atoms with Gasteiger partial charge in [-0.15, -0.1) is 0 Å². The van der Waals surface area contributed by atoms with Crippen LogP contribution in [0.3, 0.4) is 0 Å².